The van der Waals surface area contributed by atoms with Crippen molar-refractivity contribution < 1.29 is 4.39 Å². The summed E-state index contributed by atoms with van der Waals surface area (Å²) in [5, 5.41) is 0. The van der Waals surface area contributed by atoms with Gasteiger partial charge in [0.05, 0.1) is 5.69 Å². The van der Waals surface area contributed by atoms with Gasteiger partial charge in [0.25, 0.3) is 0 Å². The Bertz CT molecular complexity index is 261. The number of halogens is 2. The summed E-state index contributed by atoms with van der Waals surface area (Å²) < 4.78 is 12.8. The second-order valence-corrected chi connectivity index (χ2v) is 2.90. The maximum Gasteiger partial charge on any atom is 0.146 e. The zero-order valence-electron chi connectivity index (χ0n) is 7.17. The molecule has 1 rings (SSSR count). The molecule has 0 bridgehead atoms. The van der Waals surface area contributed by atoms with E-state index < -0.39 is 0 Å². The lowest BCUT2D eigenvalue weighted by Crippen LogP contribution is -1.98. The van der Waals surface area contributed by atoms with Crippen molar-refractivity contribution in [3.63, 3.8) is 0 Å². The van der Waals surface area contributed by atoms with Crippen LogP contribution in [0, 0.1) is 5.82 Å². The molecule has 0 radical (unpaired) electrons. The van der Waals surface area contributed by atoms with Gasteiger partial charge in [0, 0.05) is 0 Å². The monoisotopic (exact) mass is 189 g/mol. The minimum absolute atomic E-state index is 0. The summed E-state index contributed by atoms with van der Waals surface area (Å²) in [5.74, 6) is -0.0399. The Kier molecular flexibility index (Phi) is 4.04. The standard InChI is InChI=1S/C9H12FN.ClH/c1-6(2)7-4-3-5-8(10)9(7)11;/h3-6H,11H2,1-2H3;1H. The number of rotatable bonds is 1. The number of anilines is 1. The highest BCUT2D eigenvalue weighted by Gasteiger charge is 2.06. The van der Waals surface area contributed by atoms with E-state index in [0.717, 1.165) is 5.56 Å². The topological polar surface area (TPSA) is 26.0 Å². The molecule has 1 aromatic rings. The minimum atomic E-state index is -0.323. The van der Waals surface area contributed by atoms with Crippen molar-refractivity contribution in [3.05, 3.63) is 29.6 Å². The number of nitrogen functional groups attached to an aromatic ring is 1. The van der Waals surface area contributed by atoms with Crippen LogP contribution in [0.15, 0.2) is 18.2 Å². The molecule has 3 heteroatoms. The summed E-state index contributed by atoms with van der Waals surface area (Å²) in [7, 11) is 0. The van der Waals surface area contributed by atoms with Gasteiger partial charge in [-0.2, -0.15) is 0 Å². The Morgan fingerprint density at radius 1 is 1.33 bits per heavy atom. The highest BCUT2D eigenvalue weighted by Crippen LogP contribution is 2.23. The smallest absolute Gasteiger partial charge is 0.146 e. The number of nitrogens with two attached hydrogens (primary N) is 1. The van der Waals surface area contributed by atoms with Gasteiger partial charge in [-0.1, -0.05) is 26.0 Å². The molecule has 0 heterocycles. The quantitative estimate of drug-likeness (QED) is 0.676. The van der Waals surface area contributed by atoms with E-state index in [1.165, 1.54) is 6.07 Å². The fraction of sp³-hybridized carbons (Fsp3) is 0.333. The first kappa shape index (κ1) is 11.2. The van der Waals surface area contributed by atoms with Gasteiger partial charge in [0.2, 0.25) is 0 Å². The van der Waals surface area contributed by atoms with Gasteiger partial charge >= 0.3 is 0 Å². The summed E-state index contributed by atoms with van der Waals surface area (Å²) in [5.41, 5.74) is 6.67. The van der Waals surface area contributed by atoms with E-state index in [1.54, 1.807) is 6.07 Å². The van der Waals surface area contributed by atoms with E-state index in [2.05, 4.69) is 0 Å². The molecule has 0 aliphatic heterocycles. The number of benzene rings is 1. The van der Waals surface area contributed by atoms with Gasteiger partial charge in [-0.3, -0.25) is 0 Å². The summed E-state index contributed by atoms with van der Waals surface area (Å²) in [4.78, 5) is 0. The molecule has 0 atom stereocenters. The molecule has 0 aliphatic rings. The van der Waals surface area contributed by atoms with Crippen LogP contribution < -0.4 is 5.73 Å². The van der Waals surface area contributed by atoms with Crippen LogP contribution in [0.2, 0.25) is 0 Å². The first-order chi connectivity index (χ1) is 5.13. The van der Waals surface area contributed by atoms with E-state index in [0.29, 0.717) is 0 Å². The van der Waals surface area contributed by atoms with Crippen molar-refractivity contribution in [2.24, 2.45) is 0 Å². The van der Waals surface area contributed by atoms with E-state index >= 15 is 0 Å². The summed E-state index contributed by atoms with van der Waals surface area (Å²) in [6, 6.07) is 4.91. The normalized spacial score (nSPS) is 9.67. The molecular formula is C9H13ClFN. The van der Waals surface area contributed by atoms with Crippen LogP contribution in [-0.4, -0.2) is 0 Å². The lowest BCUT2D eigenvalue weighted by Gasteiger charge is -2.08. The van der Waals surface area contributed by atoms with Crippen molar-refractivity contribution in [3.8, 4) is 0 Å². The van der Waals surface area contributed by atoms with Gasteiger partial charge in [-0.25, -0.2) is 4.39 Å². The Balaban J connectivity index is 0.00000121. The fourth-order valence-corrected chi connectivity index (χ4v) is 1.06. The first-order valence-electron chi connectivity index (χ1n) is 3.67. The largest absolute Gasteiger partial charge is 0.396 e. The lowest BCUT2D eigenvalue weighted by molar-refractivity contribution is 0.629. The summed E-state index contributed by atoms with van der Waals surface area (Å²) in [6.07, 6.45) is 0. The molecule has 2 N–H and O–H groups in total. The van der Waals surface area contributed by atoms with Crippen LogP contribution in [0.1, 0.15) is 25.3 Å². The zero-order chi connectivity index (χ0) is 8.43. The molecule has 12 heavy (non-hydrogen) atoms. The average Bonchev–Trinajstić information content (AvgIpc) is 1.94. The highest BCUT2D eigenvalue weighted by molar-refractivity contribution is 5.85. The molecule has 0 amide bonds. The van der Waals surface area contributed by atoms with Gasteiger partial charge in [-0.05, 0) is 17.5 Å². The Morgan fingerprint density at radius 2 is 1.92 bits per heavy atom. The molecule has 68 valence electrons. The van der Waals surface area contributed by atoms with Gasteiger partial charge in [0.1, 0.15) is 5.82 Å². The van der Waals surface area contributed by atoms with Crippen molar-refractivity contribution in [1.29, 1.82) is 0 Å². The number of para-hydroxylation sites is 1. The van der Waals surface area contributed by atoms with E-state index in [4.69, 9.17) is 5.73 Å². The third-order valence-corrected chi connectivity index (χ3v) is 1.71. The molecular weight excluding hydrogens is 177 g/mol. The van der Waals surface area contributed by atoms with Crippen LogP contribution in [0.4, 0.5) is 10.1 Å². The minimum Gasteiger partial charge on any atom is -0.396 e. The van der Waals surface area contributed by atoms with Crippen LogP contribution in [0.25, 0.3) is 0 Å². The first-order valence-corrected chi connectivity index (χ1v) is 3.67. The molecule has 0 saturated carbocycles. The molecule has 0 fully saturated rings. The molecule has 0 saturated heterocycles. The maximum absolute atomic E-state index is 12.8. The molecule has 1 nitrogen and oxygen atoms in total. The SMILES string of the molecule is CC(C)c1cccc(F)c1N.Cl. The Hall–Kier alpha value is -0.760. The van der Waals surface area contributed by atoms with E-state index in [9.17, 15) is 4.39 Å². The second-order valence-electron chi connectivity index (χ2n) is 2.90. The Labute approximate surface area is 78.2 Å². The molecule has 0 spiro atoms. The third kappa shape index (κ3) is 2.11. The second kappa shape index (κ2) is 4.31. The molecule has 0 aromatic heterocycles. The molecule has 1 aromatic carbocycles. The van der Waals surface area contributed by atoms with Crippen molar-refractivity contribution in [1.82, 2.24) is 0 Å². The number of hydrogen-bond acceptors (Lipinski definition) is 1. The predicted molar refractivity (Wildman–Crippen MR) is 52.1 cm³/mol. The average molecular weight is 190 g/mol. The van der Waals surface area contributed by atoms with E-state index in [-0.39, 0.29) is 29.8 Å². The lowest BCUT2D eigenvalue weighted by atomic mass is 10.0. The summed E-state index contributed by atoms with van der Waals surface area (Å²) >= 11 is 0. The van der Waals surface area contributed by atoms with Crippen LogP contribution in [-0.2, 0) is 0 Å². The highest BCUT2D eigenvalue weighted by atomic mass is 35.5. The zero-order valence-corrected chi connectivity index (χ0v) is 7.99. The third-order valence-electron chi connectivity index (χ3n) is 1.71. The van der Waals surface area contributed by atoms with E-state index in [1.807, 2.05) is 19.9 Å². The molecule has 0 aliphatic carbocycles. The maximum atomic E-state index is 12.8. The van der Waals surface area contributed by atoms with Gasteiger partial charge in [0.15, 0.2) is 0 Å². The van der Waals surface area contributed by atoms with Gasteiger partial charge < -0.3 is 5.73 Å². The fourth-order valence-electron chi connectivity index (χ4n) is 1.06. The van der Waals surface area contributed by atoms with Crippen LogP contribution >= 0.6 is 12.4 Å². The molecule has 0 unspecified atom stereocenters. The van der Waals surface area contributed by atoms with Gasteiger partial charge in [-0.15, -0.1) is 12.4 Å². The number of hydrogen-bond donors (Lipinski definition) is 1. The van der Waals surface area contributed by atoms with Crippen molar-refractivity contribution in [2.75, 3.05) is 5.73 Å². The van der Waals surface area contributed by atoms with Crippen LogP contribution in [0.5, 0.6) is 0 Å². The van der Waals surface area contributed by atoms with Crippen LogP contribution in [0.3, 0.4) is 0 Å². The van der Waals surface area contributed by atoms with Crippen molar-refractivity contribution in [2.45, 2.75) is 19.8 Å². The Morgan fingerprint density at radius 3 is 2.33 bits per heavy atom. The summed E-state index contributed by atoms with van der Waals surface area (Å²) in [6.45, 7) is 3.98. The van der Waals surface area contributed by atoms with Crippen molar-refractivity contribution >= 4 is 18.1 Å². The predicted octanol–water partition coefficient (Wildman–Crippen LogP) is 2.95.